The van der Waals surface area contributed by atoms with Crippen LogP contribution in [0.1, 0.15) is 21.6 Å². The van der Waals surface area contributed by atoms with Gasteiger partial charge in [0.1, 0.15) is 5.71 Å². The van der Waals surface area contributed by atoms with E-state index >= 15 is 0 Å². The van der Waals surface area contributed by atoms with Gasteiger partial charge in [0.15, 0.2) is 0 Å². The summed E-state index contributed by atoms with van der Waals surface area (Å²) in [6.07, 6.45) is 1.78. The summed E-state index contributed by atoms with van der Waals surface area (Å²) in [6, 6.07) is 10.9. The number of carboxylic acid groups (broad SMARTS) is 1. The minimum atomic E-state index is -1.04. The van der Waals surface area contributed by atoms with Crippen LogP contribution in [0.3, 0.4) is 0 Å². The summed E-state index contributed by atoms with van der Waals surface area (Å²) in [4.78, 5) is 19.9. The van der Waals surface area contributed by atoms with Gasteiger partial charge in [-0.1, -0.05) is 17.3 Å². The fraction of sp³-hybridized carbons (Fsp3) is 0.316. The highest BCUT2D eigenvalue weighted by Crippen LogP contribution is 2.19. The molecule has 0 spiro atoms. The van der Waals surface area contributed by atoms with Crippen molar-refractivity contribution < 1.29 is 15.1 Å². The molecule has 3 rings (SSSR count). The van der Waals surface area contributed by atoms with E-state index in [-0.39, 0.29) is 5.56 Å². The van der Waals surface area contributed by atoms with E-state index in [2.05, 4.69) is 39.1 Å². The summed E-state index contributed by atoms with van der Waals surface area (Å²) in [6.45, 7) is 4.01. The lowest BCUT2D eigenvalue weighted by Gasteiger charge is -2.34. The first-order valence-electron chi connectivity index (χ1n) is 8.50. The van der Waals surface area contributed by atoms with Crippen LogP contribution in [0, 0.1) is 0 Å². The number of nitrogens with zero attached hydrogens (tertiary/aromatic N) is 4. The molecule has 1 aromatic carbocycles. The first-order chi connectivity index (χ1) is 12.6. The van der Waals surface area contributed by atoms with E-state index in [1.807, 2.05) is 12.1 Å². The van der Waals surface area contributed by atoms with E-state index < -0.39 is 5.97 Å². The van der Waals surface area contributed by atoms with Crippen LogP contribution in [-0.2, 0) is 6.42 Å². The summed E-state index contributed by atoms with van der Waals surface area (Å²) >= 11 is 0. The number of oxime groups is 1. The van der Waals surface area contributed by atoms with Crippen molar-refractivity contribution in [3.8, 4) is 0 Å². The van der Waals surface area contributed by atoms with Gasteiger partial charge in [-0.15, -0.1) is 0 Å². The van der Waals surface area contributed by atoms with Gasteiger partial charge in [-0.2, -0.15) is 0 Å². The number of hydrogen-bond donors (Lipinski definition) is 2. The molecule has 0 amide bonds. The number of aromatic nitrogens is 1. The smallest absolute Gasteiger partial charge is 0.335 e. The van der Waals surface area contributed by atoms with E-state index in [9.17, 15) is 10.0 Å². The van der Waals surface area contributed by atoms with E-state index in [1.54, 1.807) is 0 Å². The van der Waals surface area contributed by atoms with Crippen LogP contribution in [0.4, 0.5) is 5.69 Å². The molecule has 1 fully saturated rings. The number of likely N-dealkylation sites (N-methyl/N-ethyl adjacent to an activating group) is 1. The Bertz CT molecular complexity index is 814. The number of carboxylic acids is 1. The Hall–Kier alpha value is -2.93. The van der Waals surface area contributed by atoms with Gasteiger partial charge in [-0.3, -0.25) is 4.98 Å². The van der Waals surface area contributed by atoms with Crippen LogP contribution >= 0.6 is 0 Å². The number of hydrogen-bond acceptors (Lipinski definition) is 6. The average molecular weight is 354 g/mol. The van der Waals surface area contributed by atoms with Crippen molar-refractivity contribution in [2.75, 3.05) is 38.1 Å². The van der Waals surface area contributed by atoms with Crippen molar-refractivity contribution in [3.05, 3.63) is 59.4 Å². The second kappa shape index (κ2) is 7.97. The average Bonchev–Trinajstić information content (AvgIpc) is 2.67. The maximum absolute atomic E-state index is 11.1. The SMILES string of the molecule is CN1CCN(c2cccc(C/C(=N\O)c3cc(C(=O)O)ccn3)c2)CC1. The summed E-state index contributed by atoms with van der Waals surface area (Å²) in [7, 11) is 2.12. The number of aromatic carboxylic acids is 1. The monoisotopic (exact) mass is 354 g/mol. The Labute approximate surface area is 152 Å². The molecular formula is C19H22N4O3. The molecule has 1 aliphatic rings. The van der Waals surface area contributed by atoms with Crippen LogP contribution in [0.2, 0.25) is 0 Å². The number of anilines is 1. The summed E-state index contributed by atoms with van der Waals surface area (Å²) in [5.41, 5.74) is 2.93. The first kappa shape index (κ1) is 17.9. The third-order valence-electron chi connectivity index (χ3n) is 4.57. The highest BCUT2D eigenvalue weighted by atomic mass is 16.4. The number of piperazine rings is 1. The Morgan fingerprint density at radius 2 is 1.96 bits per heavy atom. The Kier molecular flexibility index (Phi) is 5.48. The number of benzene rings is 1. The second-order valence-corrected chi connectivity index (χ2v) is 6.42. The third kappa shape index (κ3) is 4.18. The van der Waals surface area contributed by atoms with Crippen LogP contribution in [0.15, 0.2) is 47.8 Å². The summed E-state index contributed by atoms with van der Waals surface area (Å²) in [5, 5.41) is 21.9. The number of rotatable bonds is 5. The Morgan fingerprint density at radius 1 is 1.19 bits per heavy atom. The van der Waals surface area contributed by atoms with Crippen molar-refractivity contribution >= 4 is 17.4 Å². The highest BCUT2D eigenvalue weighted by Gasteiger charge is 2.16. The largest absolute Gasteiger partial charge is 0.478 e. The summed E-state index contributed by atoms with van der Waals surface area (Å²) in [5.74, 6) is -1.04. The molecule has 2 heterocycles. The third-order valence-corrected chi connectivity index (χ3v) is 4.57. The van der Waals surface area contributed by atoms with E-state index in [0.29, 0.717) is 17.8 Å². The zero-order chi connectivity index (χ0) is 18.5. The fourth-order valence-corrected chi connectivity index (χ4v) is 3.02. The molecule has 2 aromatic rings. The number of carbonyl (C=O) groups is 1. The fourth-order valence-electron chi connectivity index (χ4n) is 3.02. The molecule has 1 aromatic heterocycles. The molecule has 0 radical (unpaired) electrons. The first-order valence-corrected chi connectivity index (χ1v) is 8.50. The van der Waals surface area contributed by atoms with Crippen molar-refractivity contribution in [1.82, 2.24) is 9.88 Å². The molecule has 7 nitrogen and oxygen atoms in total. The van der Waals surface area contributed by atoms with Crippen molar-refractivity contribution in [1.29, 1.82) is 0 Å². The molecule has 1 saturated heterocycles. The molecule has 2 N–H and O–H groups in total. The van der Waals surface area contributed by atoms with Crippen LogP contribution in [-0.4, -0.2) is 65.1 Å². The van der Waals surface area contributed by atoms with Gasteiger partial charge in [0.25, 0.3) is 0 Å². The molecule has 0 unspecified atom stereocenters. The van der Waals surface area contributed by atoms with Crippen LogP contribution in [0.5, 0.6) is 0 Å². The molecule has 0 saturated carbocycles. The molecule has 136 valence electrons. The lowest BCUT2D eigenvalue weighted by atomic mass is 10.0. The zero-order valence-corrected chi connectivity index (χ0v) is 14.7. The van der Waals surface area contributed by atoms with Crippen molar-refractivity contribution in [3.63, 3.8) is 0 Å². The van der Waals surface area contributed by atoms with Gasteiger partial charge < -0.3 is 20.1 Å². The van der Waals surface area contributed by atoms with Gasteiger partial charge in [0.05, 0.1) is 11.3 Å². The lowest BCUT2D eigenvalue weighted by molar-refractivity contribution is 0.0696. The van der Waals surface area contributed by atoms with E-state index in [0.717, 1.165) is 37.4 Å². The van der Waals surface area contributed by atoms with Crippen molar-refractivity contribution in [2.45, 2.75) is 6.42 Å². The Balaban J connectivity index is 1.78. The van der Waals surface area contributed by atoms with Gasteiger partial charge in [-0.25, -0.2) is 4.79 Å². The Morgan fingerprint density at radius 3 is 2.65 bits per heavy atom. The normalized spacial score (nSPS) is 15.9. The van der Waals surface area contributed by atoms with Gasteiger partial charge in [0.2, 0.25) is 0 Å². The van der Waals surface area contributed by atoms with Crippen molar-refractivity contribution in [2.24, 2.45) is 5.16 Å². The number of pyridine rings is 1. The maximum atomic E-state index is 11.1. The quantitative estimate of drug-likeness (QED) is 0.485. The van der Waals surface area contributed by atoms with Gasteiger partial charge in [0, 0.05) is 44.5 Å². The minimum Gasteiger partial charge on any atom is -0.478 e. The molecule has 0 bridgehead atoms. The minimum absolute atomic E-state index is 0.113. The molecule has 1 aliphatic heterocycles. The zero-order valence-electron chi connectivity index (χ0n) is 14.7. The highest BCUT2D eigenvalue weighted by molar-refractivity contribution is 6.01. The standard InChI is InChI=1S/C19H22N4O3/c1-22-7-9-23(10-8-22)16-4-2-3-14(11-16)12-18(21-26)17-13-15(19(24)25)5-6-20-17/h2-6,11,13,26H,7-10,12H2,1H3,(H,24,25)/b21-18+. The molecular weight excluding hydrogens is 332 g/mol. The van der Waals surface area contributed by atoms with E-state index in [1.165, 1.54) is 18.3 Å². The molecule has 0 aliphatic carbocycles. The predicted octanol–water partition coefficient (Wildman–Crippen LogP) is 1.95. The van der Waals surface area contributed by atoms with E-state index in [4.69, 9.17) is 5.11 Å². The lowest BCUT2D eigenvalue weighted by Crippen LogP contribution is -2.44. The maximum Gasteiger partial charge on any atom is 0.335 e. The topological polar surface area (TPSA) is 89.3 Å². The second-order valence-electron chi connectivity index (χ2n) is 6.42. The molecule has 0 atom stereocenters. The van der Waals surface area contributed by atoms with Crippen LogP contribution < -0.4 is 4.90 Å². The summed E-state index contributed by atoms with van der Waals surface area (Å²) < 4.78 is 0. The molecule has 7 heteroatoms. The van der Waals surface area contributed by atoms with Crippen LogP contribution in [0.25, 0.3) is 0 Å². The molecule has 26 heavy (non-hydrogen) atoms. The predicted molar refractivity (Wildman–Crippen MR) is 99.4 cm³/mol. The van der Waals surface area contributed by atoms with Gasteiger partial charge >= 0.3 is 5.97 Å². The van der Waals surface area contributed by atoms with Gasteiger partial charge in [-0.05, 0) is 36.9 Å².